The van der Waals surface area contributed by atoms with E-state index in [1.54, 1.807) is 6.33 Å². The molecule has 20 heavy (non-hydrogen) atoms. The standard InChI is InChI=1S/C15H18N4O/c1-3-11-6-4-5-10(2)13(11)19-9-16-14(18-15(19)20)17-12-7-8-12/h4-6,9,12H,3,7-8H2,1-2H3,(H,17,18,20). The van der Waals surface area contributed by atoms with Crippen molar-refractivity contribution in [2.24, 2.45) is 0 Å². The molecule has 0 saturated heterocycles. The molecule has 0 bridgehead atoms. The topological polar surface area (TPSA) is 59.8 Å². The van der Waals surface area contributed by atoms with Crippen LogP contribution in [0.1, 0.15) is 30.9 Å². The molecule has 104 valence electrons. The first-order valence-electron chi connectivity index (χ1n) is 7.00. The molecule has 1 fully saturated rings. The number of nitrogens with one attached hydrogen (secondary N) is 1. The molecule has 0 spiro atoms. The number of benzene rings is 1. The van der Waals surface area contributed by atoms with Crippen LogP contribution in [0.2, 0.25) is 0 Å². The Kier molecular flexibility index (Phi) is 3.26. The Bertz CT molecular complexity index is 689. The van der Waals surface area contributed by atoms with Gasteiger partial charge in [0.1, 0.15) is 6.33 Å². The molecule has 0 atom stereocenters. The van der Waals surface area contributed by atoms with Gasteiger partial charge < -0.3 is 5.32 Å². The summed E-state index contributed by atoms with van der Waals surface area (Å²) in [4.78, 5) is 20.5. The molecule has 5 nitrogen and oxygen atoms in total. The van der Waals surface area contributed by atoms with Gasteiger partial charge in [-0.3, -0.25) is 4.57 Å². The van der Waals surface area contributed by atoms with E-state index in [9.17, 15) is 4.79 Å². The minimum atomic E-state index is -0.285. The summed E-state index contributed by atoms with van der Waals surface area (Å²) < 4.78 is 1.53. The number of anilines is 1. The van der Waals surface area contributed by atoms with Gasteiger partial charge >= 0.3 is 5.69 Å². The van der Waals surface area contributed by atoms with E-state index in [4.69, 9.17) is 0 Å². The normalized spacial score (nSPS) is 14.3. The summed E-state index contributed by atoms with van der Waals surface area (Å²) in [5, 5.41) is 3.14. The lowest BCUT2D eigenvalue weighted by Gasteiger charge is -2.13. The van der Waals surface area contributed by atoms with Crippen LogP contribution in [0.25, 0.3) is 5.69 Å². The summed E-state index contributed by atoms with van der Waals surface area (Å²) in [6, 6.07) is 6.48. The molecule has 0 radical (unpaired) electrons. The number of aryl methyl sites for hydroxylation is 2. The van der Waals surface area contributed by atoms with E-state index in [-0.39, 0.29) is 5.69 Å². The van der Waals surface area contributed by atoms with Crippen molar-refractivity contribution in [3.8, 4) is 5.69 Å². The van der Waals surface area contributed by atoms with Crippen molar-refractivity contribution in [3.05, 3.63) is 46.1 Å². The highest BCUT2D eigenvalue weighted by molar-refractivity contribution is 5.47. The molecule has 3 rings (SSSR count). The minimum Gasteiger partial charge on any atom is -0.351 e. The van der Waals surface area contributed by atoms with Gasteiger partial charge in [-0.15, -0.1) is 0 Å². The zero-order chi connectivity index (χ0) is 14.1. The lowest BCUT2D eigenvalue weighted by molar-refractivity contribution is 0.837. The Morgan fingerprint density at radius 2 is 2.20 bits per heavy atom. The van der Waals surface area contributed by atoms with Crippen LogP contribution in [0, 0.1) is 6.92 Å². The predicted octanol–water partition coefficient (Wildman–Crippen LogP) is 2.07. The lowest BCUT2D eigenvalue weighted by atomic mass is 10.1. The zero-order valence-electron chi connectivity index (χ0n) is 11.8. The fourth-order valence-corrected chi connectivity index (χ4v) is 2.32. The number of para-hydroxylation sites is 1. The number of nitrogens with zero attached hydrogens (tertiary/aromatic N) is 3. The fourth-order valence-electron chi connectivity index (χ4n) is 2.32. The van der Waals surface area contributed by atoms with Crippen LogP contribution in [0.4, 0.5) is 5.95 Å². The van der Waals surface area contributed by atoms with E-state index in [2.05, 4.69) is 22.2 Å². The maximum atomic E-state index is 12.2. The first-order valence-corrected chi connectivity index (χ1v) is 7.00. The third-order valence-corrected chi connectivity index (χ3v) is 3.56. The molecule has 0 amide bonds. The number of hydrogen-bond acceptors (Lipinski definition) is 4. The van der Waals surface area contributed by atoms with Gasteiger partial charge in [-0.1, -0.05) is 25.1 Å². The van der Waals surface area contributed by atoms with Crippen molar-refractivity contribution in [2.75, 3.05) is 5.32 Å². The van der Waals surface area contributed by atoms with E-state index in [0.29, 0.717) is 12.0 Å². The van der Waals surface area contributed by atoms with Gasteiger partial charge in [-0.2, -0.15) is 4.98 Å². The average Bonchev–Trinajstić information content (AvgIpc) is 3.23. The van der Waals surface area contributed by atoms with Crippen molar-refractivity contribution >= 4 is 5.95 Å². The largest absolute Gasteiger partial charge is 0.356 e. The van der Waals surface area contributed by atoms with Crippen molar-refractivity contribution in [1.29, 1.82) is 0 Å². The Morgan fingerprint density at radius 3 is 2.85 bits per heavy atom. The van der Waals surface area contributed by atoms with Gasteiger partial charge in [-0.05, 0) is 37.3 Å². The second-order valence-corrected chi connectivity index (χ2v) is 5.19. The van der Waals surface area contributed by atoms with Gasteiger partial charge in [0.2, 0.25) is 5.95 Å². The van der Waals surface area contributed by atoms with E-state index < -0.39 is 0 Å². The highest BCUT2D eigenvalue weighted by atomic mass is 16.1. The number of rotatable bonds is 4. The van der Waals surface area contributed by atoms with Crippen LogP contribution in [-0.4, -0.2) is 20.6 Å². The van der Waals surface area contributed by atoms with Crippen LogP contribution in [0.3, 0.4) is 0 Å². The van der Waals surface area contributed by atoms with Gasteiger partial charge in [0, 0.05) is 6.04 Å². The highest BCUT2D eigenvalue weighted by Gasteiger charge is 2.22. The van der Waals surface area contributed by atoms with Crippen LogP contribution in [-0.2, 0) is 6.42 Å². The second kappa shape index (κ2) is 5.07. The molecule has 1 saturated carbocycles. The summed E-state index contributed by atoms with van der Waals surface area (Å²) >= 11 is 0. The highest BCUT2D eigenvalue weighted by Crippen LogP contribution is 2.22. The molecular weight excluding hydrogens is 252 g/mol. The van der Waals surface area contributed by atoms with E-state index in [1.807, 2.05) is 25.1 Å². The van der Waals surface area contributed by atoms with Crippen LogP contribution in [0.15, 0.2) is 29.3 Å². The van der Waals surface area contributed by atoms with Crippen molar-refractivity contribution in [3.63, 3.8) is 0 Å². The second-order valence-electron chi connectivity index (χ2n) is 5.19. The molecule has 1 aromatic heterocycles. The molecule has 0 aliphatic heterocycles. The maximum absolute atomic E-state index is 12.2. The summed E-state index contributed by atoms with van der Waals surface area (Å²) in [6.45, 7) is 4.07. The smallest absolute Gasteiger partial charge is 0.351 e. The average molecular weight is 270 g/mol. The predicted molar refractivity (Wildman–Crippen MR) is 78.4 cm³/mol. The third kappa shape index (κ3) is 2.43. The fraction of sp³-hybridized carbons (Fsp3) is 0.400. The molecule has 0 unspecified atom stereocenters. The molecule has 1 aliphatic carbocycles. The lowest BCUT2D eigenvalue weighted by Crippen LogP contribution is -2.25. The molecule has 1 aromatic carbocycles. The molecular formula is C15H18N4O. The first kappa shape index (κ1) is 12.8. The Morgan fingerprint density at radius 1 is 1.40 bits per heavy atom. The molecule has 5 heteroatoms. The summed E-state index contributed by atoms with van der Waals surface area (Å²) in [5.41, 5.74) is 2.79. The minimum absolute atomic E-state index is 0.285. The van der Waals surface area contributed by atoms with E-state index in [1.165, 1.54) is 4.57 Å². The summed E-state index contributed by atoms with van der Waals surface area (Å²) in [7, 11) is 0. The first-order chi connectivity index (χ1) is 9.69. The Hall–Kier alpha value is -2.17. The zero-order valence-corrected chi connectivity index (χ0v) is 11.8. The SMILES string of the molecule is CCc1cccc(C)c1-n1cnc(NC2CC2)nc1=O. The quantitative estimate of drug-likeness (QED) is 0.924. The van der Waals surface area contributed by atoms with Crippen molar-refractivity contribution < 1.29 is 0 Å². The van der Waals surface area contributed by atoms with Crippen molar-refractivity contribution in [1.82, 2.24) is 14.5 Å². The van der Waals surface area contributed by atoms with Crippen LogP contribution in [0.5, 0.6) is 0 Å². The molecule has 2 aromatic rings. The molecule has 1 heterocycles. The monoisotopic (exact) mass is 270 g/mol. The van der Waals surface area contributed by atoms with Crippen LogP contribution >= 0.6 is 0 Å². The number of hydrogen-bond donors (Lipinski definition) is 1. The van der Waals surface area contributed by atoms with Gasteiger partial charge in [-0.25, -0.2) is 9.78 Å². The molecule has 1 aliphatic rings. The van der Waals surface area contributed by atoms with E-state index >= 15 is 0 Å². The van der Waals surface area contributed by atoms with Crippen molar-refractivity contribution in [2.45, 2.75) is 39.2 Å². The van der Waals surface area contributed by atoms with Gasteiger partial charge in [0.25, 0.3) is 0 Å². The summed E-state index contributed by atoms with van der Waals surface area (Å²) in [6.07, 6.45) is 4.70. The third-order valence-electron chi connectivity index (χ3n) is 3.56. The maximum Gasteiger partial charge on any atom is 0.356 e. The van der Waals surface area contributed by atoms with Gasteiger partial charge in [0.05, 0.1) is 5.69 Å². The van der Waals surface area contributed by atoms with Gasteiger partial charge in [0.15, 0.2) is 0 Å². The summed E-state index contributed by atoms with van der Waals surface area (Å²) in [5.74, 6) is 0.431. The Balaban J connectivity index is 2.04. The Labute approximate surface area is 117 Å². The van der Waals surface area contributed by atoms with E-state index in [0.717, 1.165) is 36.1 Å². The molecule has 1 N–H and O–H groups in total. The number of aromatic nitrogens is 3. The van der Waals surface area contributed by atoms with Crippen LogP contribution < -0.4 is 11.0 Å².